The van der Waals surface area contributed by atoms with Gasteiger partial charge < -0.3 is 9.52 Å². The number of furan rings is 1. The van der Waals surface area contributed by atoms with E-state index in [1.807, 2.05) is 38.1 Å². The fourth-order valence-corrected chi connectivity index (χ4v) is 3.76. The van der Waals surface area contributed by atoms with Crippen LogP contribution in [0.2, 0.25) is 5.02 Å². The van der Waals surface area contributed by atoms with Gasteiger partial charge in [0.05, 0.1) is 6.10 Å². The first-order valence-electron chi connectivity index (χ1n) is 8.11. The molecule has 0 bridgehead atoms. The van der Waals surface area contributed by atoms with E-state index in [0.717, 1.165) is 46.1 Å². The van der Waals surface area contributed by atoms with Crippen molar-refractivity contribution in [2.24, 2.45) is 5.92 Å². The normalized spacial score (nSPS) is 17.6. The quantitative estimate of drug-likeness (QED) is 0.772. The predicted octanol–water partition coefficient (Wildman–Crippen LogP) is 5.83. The summed E-state index contributed by atoms with van der Waals surface area (Å²) in [5, 5.41) is 11.4. The molecule has 2 aromatic rings. The molecule has 1 aliphatic carbocycles. The summed E-state index contributed by atoms with van der Waals surface area (Å²) >= 11 is 6.02. The molecule has 22 heavy (non-hydrogen) atoms. The third-order valence-electron chi connectivity index (χ3n) is 4.83. The Morgan fingerprint density at radius 2 is 1.86 bits per heavy atom. The largest absolute Gasteiger partial charge is 0.461 e. The van der Waals surface area contributed by atoms with Gasteiger partial charge in [-0.3, -0.25) is 0 Å². The van der Waals surface area contributed by atoms with Crippen LogP contribution in [0.3, 0.4) is 0 Å². The topological polar surface area (TPSA) is 33.4 Å². The van der Waals surface area contributed by atoms with Crippen LogP contribution in [-0.2, 0) is 0 Å². The van der Waals surface area contributed by atoms with Crippen molar-refractivity contribution in [2.45, 2.75) is 52.1 Å². The summed E-state index contributed by atoms with van der Waals surface area (Å²) in [6.45, 7) is 3.96. The van der Waals surface area contributed by atoms with Crippen LogP contribution in [0.1, 0.15) is 55.1 Å². The molecule has 1 aliphatic rings. The van der Waals surface area contributed by atoms with E-state index in [1.165, 1.54) is 19.3 Å². The Bertz CT molecular complexity index is 653. The number of aryl methyl sites for hydroxylation is 2. The average molecular weight is 319 g/mol. The van der Waals surface area contributed by atoms with Crippen molar-refractivity contribution in [3.8, 4) is 11.3 Å². The summed E-state index contributed by atoms with van der Waals surface area (Å²) in [5.41, 5.74) is 3.06. The zero-order chi connectivity index (χ0) is 15.7. The van der Waals surface area contributed by atoms with Crippen molar-refractivity contribution in [1.29, 1.82) is 0 Å². The molecule has 3 rings (SSSR count). The van der Waals surface area contributed by atoms with Crippen LogP contribution in [0.5, 0.6) is 0 Å². The van der Waals surface area contributed by atoms with E-state index in [0.29, 0.717) is 5.92 Å². The van der Waals surface area contributed by atoms with E-state index < -0.39 is 6.10 Å². The van der Waals surface area contributed by atoms with E-state index in [2.05, 4.69) is 0 Å². The summed E-state index contributed by atoms with van der Waals surface area (Å²) in [5.74, 6) is 2.00. The van der Waals surface area contributed by atoms with Crippen molar-refractivity contribution in [2.75, 3.05) is 0 Å². The van der Waals surface area contributed by atoms with E-state index in [4.69, 9.17) is 16.0 Å². The van der Waals surface area contributed by atoms with E-state index >= 15 is 0 Å². The number of rotatable bonds is 3. The Kier molecular flexibility index (Phi) is 4.60. The minimum absolute atomic E-state index is 0.365. The fraction of sp³-hybridized carbons (Fsp3) is 0.474. The second-order valence-electron chi connectivity index (χ2n) is 6.42. The molecule has 0 aliphatic heterocycles. The lowest BCUT2D eigenvalue weighted by atomic mass is 9.83. The molecule has 0 saturated heterocycles. The van der Waals surface area contributed by atoms with E-state index in [9.17, 15) is 5.11 Å². The van der Waals surface area contributed by atoms with Crippen LogP contribution >= 0.6 is 11.6 Å². The van der Waals surface area contributed by atoms with Gasteiger partial charge in [0.25, 0.3) is 0 Å². The number of hydrogen-bond acceptors (Lipinski definition) is 2. The second-order valence-corrected chi connectivity index (χ2v) is 6.86. The first-order chi connectivity index (χ1) is 10.6. The van der Waals surface area contributed by atoms with Crippen LogP contribution in [-0.4, -0.2) is 5.11 Å². The monoisotopic (exact) mass is 318 g/mol. The summed E-state index contributed by atoms with van der Waals surface area (Å²) in [7, 11) is 0. The van der Waals surface area contributed by atoms with Crippen molar-refractivity contribution in [1.82, 2.24) is 0 Å². The molecule has 1 fully saturated rings. The van der Waals surface area contributed by atoms with Gasteiger partial charge in [-0.2, -0.15) is 0 Å². The molecule has 2 nitrogen and oxygen atoms in total. The first kappa shape index (κ1) is 15.6. The number of benzene rings is 1. The van der Waals surface area contributed by atoms with E-state index in [1.54, 1.807) is 0 Å². The van der Waals surface area contributed by atoms with Crippen LogP contribution in [0.4, 0.5) is 0 Å². The highest BCUT2D eigenvalue weighted by molar-refractivity contribution is 6.30. The van der Waals surface area contributed by atoms with E-state index in [-0.39, 0.29) is 0 Å². The van der Waals surface area contributed by atoms with Crippen molar-refractivity contribution in [3.05, 3.63) is 46.2 Å². The standard InChI is InChI=1S/C19H23ClO2/c1-12-10-15(20)8-9-16(12)18-11-17(13(2)22-18)19(21)14-6-4-3-5-7-14/h8-11,14,19,21H,3-7H2,1-2H3. The van der Waals surface area contributed by atoms with Gasteiger partial charge in [0.1, 0.15) is 11.5 Å². The predicted molar refractivity (Wildman–Crippen MR) is 90.2 cm³/mol. The Balaban J connectivity index is 1.89. The molecule has 0 amide bonds. The molecule has 3 heteroatoms. The number of halogens is 1. The zero-order valence-electron chi connectivity index (χ0n) is 13.2. The molecular formula is C19H23ClO2. The molecule has 1 saturated carbocycles. The lowest BCUT2D eigenvalue weighted by molar-refractivity contribution is 0.0835. The first-order valence-corrected chi connectivity index (χ1v) is 8.49. The molecule has 0 spiro atoms. The highest BCUT2D eigenvalue weighted by Gasteiger charge is 2.26. The Labute approximate surface area is 137 Å². The van der Waals surface area contributed by atoms with Gasteiger partial charge in [-0.05, 0) is 62.4 Å². The average Bonchev–Trinajstić information content (AvgIpc) is 2.89. The maximum atomic E-state index is 10.7. The lowest BCUT2D eigenvalue weighted by Gasteiger charge is -2.26. The van der Waals surface area contributed by atoms with Gasteiger partial charge in [0.15, 0.2) is 0 Å². The third kappa shape index (κ3) is 3.09. The van der Waals surface area contributed by atoms with Gasteiger partial charge in [-0.15, -0.1) is 0 Å². The molecule has 0 radical (unpaired) electrons. The van der Waals surface area contributed by atoms with Crippen molar-refractivity contribution in [3.63, 3.8) is 0 Å². The SMILES string of the molecule is Cc1cc(Cl)ccc1-c1cc(C(O)C2CCCCC2)c(C)o1. The van der Waals surface area contributed by atoms with Gasteiger partial charge in [0.2, 0.25) is 0 Å². The second kappa shape index (κ2) is 6.47. The highest BCUT2D eigenvalue weighted by atomic mass is 35.5. The molecule has 1 N–H and O–H groups in total. The Morgan fingerprint density at radius 3 is 2.55 bits per heavy atom. The number of hydrogen-bond donors (Lipinski definition) is 1. The maximum absolute atomic E-state index is 10.7. The number of aliphatic hydroxyl groups excluding tert-OH is 1. The fourth-order valence-electron chi connectivity index (χ4n) is 3.53. The maximum Gasteiger partial charge on any atom is 0.134 e. The lowest BCUT2D eigenvalue weighted by Crippen LogP contribution is -2.16. The van der Waals surface area contributed by atoms with Gasteiger partial charge in [-0.25, -0.2) is 0 Å². The van der Waals surface area contributed by atoms with Crippen molar-refractivity contribution >= 4 is 11.6 Å². The Hall–Kier alpha value is -1.25. The summed E-state index contributed by atoms with van der Waals surface area (Å²) in [4.78, 5) is 0. The molecule has 1 aromatic carbocycles. The molecule has 1 unspecified atom stereocenters. The number of aliphatic hydroxyl groups is 1. The van der Waals surface area contributed by atoms with Crippen LogP contribution < -0.4 is 0 Å². The molecule has 1 aromatic heterocycles. The summed E-state index contributed by atoms with van der Waals surface area (Å²) in [6, 6.07) is 7.79. The minimum Gasteiger partial charge on any atom is -0.461 e. The zero-order valence-corrected chi connectivity index (χ0v) is 14.0. The van der Waals surface area contributed by atoms with Gasteiger partial charge in [0, 0.05) is 16.1 Å². The van der Waals surface area contributed by atoms with Crippen LogP contribution in [0, 0.1) is 19.8 Å². The Morgan fingerprint density at radius 1 is 1.14 bits per heavy atom. The van der Waals surface area contributed by atoms with Crippen molar-refractivity contribution < 1.29 is 9.52 Å². The minimum atomic E-state index is -0.412. The molecular weight excluding hydrogens is 296 g/mol. The molecule has 118 valence electrons. The smallest absolute Gasteiger partial charge is 0.134 e. The highest BCUT2D eigenvalue weighted by Crippen LogP contribution is 2.38. The van der Waals surface area contributed by atoms with Crippen LogP contribution in [0.25, 0.3) is 11.3 Å². The molecule has 1 heterocycles. The summed E-state index contributed by atoms with van der Waals surface area (Å²) in [6.07, 6.45) is 5.56. The third-order valence-corrected chi connectivity index (χ3v) is 5.06. The van der Waals surface area contributed by atoms with Gasteiger partial charge >= 0.3 is 0 Å². The van der Waals surface area contributed by atoms with Crippen LogP contribution in [0.15, 0.2) is 28.7 Å². The van der Waals surface area contributed by atoms with Gasteiger partial charge in [-0.1, -0.05) is 30.9 Å². The molecule has 1 atom stereocenters. The summed E-state index contributed by atoms with van der Waals surface area (Å²) < 4.78 is 5.93.